The van der Waals surface area contributed by atoms with Crippen LogP contribution in [0.25, 0.3) is 16.7 Å². The van der Waals surface area contributed by atoms with Gasteiger partial charge in [-0.1, -0.05) is 6.42 Å². The van der Waals surface area contributed by atoms with Gasteiger partial charge >= 0.3 is 0 Å². The van der Waals surface area contributed by atoms with Crippen LogP contribution in [0.4, 0.5) is 0 Å². The molecule has 2 unspecified atom stereocenters. The summed E-state index contributed by atoms with van der Waals surface area (Å²) in [7, 11) is 0. The number of aliphatic hydroxyl groups is 1. The van der Waals surface area contributed by atoms with Crippen molar-refractivity contribution in [1.29, 1.82) is 0 Å². The second-order valence-corrected chi connectivity index (χ2v) is 6.20. The fraction of sp³-hybridized carbons (Fsp3) is 0.412. The predicted molar refractivity (Wildman–Crippen MR) is 85.2 cm³/mol. The first-order valence-electron chi connectivity index (χ1n) is 7.89. The molecule has 1 aliphatic rings. The average molecular weight is 296 g/mol. The second kappa shape index (κ2) is 5.25. The molecular formula is C17H20N4O. The van der Waals surface area contributed by atoms with Gasteiger partial charge in [0, 0.05) is 24.0 Å². The largest absolute Gasteiger partial charge is 0.393 e. The SMILES string of the molecule is Cc1nn(-c2ccnc3[nH]ccc23)cc1C1CCCC(O)C1. The molecule has 3 aromatic rings. The van der Waals surface area contributed by atoms with Gasteiger partial charge in [-0.15, -0.1) is 0 Å². The standard InChI is InChI=1S/C17H20N4O/c1-11-15(12-3-2-4-13(22)9-12)10-21(20-11)16-6-8-19-17-14(16)5-7-18-17/h5-8,10,12-13,22H,2-4,9H2,1H3,(H,18,19). The van der Waals surface area contributed by atoms with E-state index in [1.807, 2.05) is 23.0 Å². The first-order valence-corrected chi connectivity index (χ1v) is 7.89. The average Bonchev–Trinajstić information content (AvgIpc) is 3.13. The summed E-state index contributed by atoms with van der Waals surface area (Å²) in [6.07, 6.45) is 9.66. The molecule has 0 amide bonds. The third kappa shape index (κ3) is 2.22. The van der Waals surface area contributed by atoms with Gasteiger partial charge in [-0.3, -0.25) is 0 Å². The number of H-pyrrole nitrogens is 1. The van der Waals surface area contributed by atoms with Crippen molar-refractivity contribution in [3.63, 3.8) is 0 Å². The monoisotopic (exact) mass is 296 g/mol. The number of nitrogens with zero attached hydrogens (tertiary/aromatic N) is 3. The molecule has 0 aliphatic heterocycles. The van der Waals surface area contributed by atoms with Crippen LogP contribution in [0.5, 0.6) is 0 Å². The fourth-order valence-corrected chi connectivity index (χ4v) is 3.59. The van der Waals surface area contributed by atoms with Crippen molar-refractivity contribution in [2.75, 3.05) is 0 Å². The number of aliphatic hydroxyl groups excluding tert-OH is 1. The minimum Gasteiger partial charge on any atom is -0.393 e. The van der Waals surface area contributed by atoms with Crippen LogP contribution in [-0.2, 0) is 0 Å². The molecule has 0 saturated heterocycles. The van der Waals surface area contributed by atoms with E-state index in [0.29, 0.717) is 5.92 Å². The normalized spacial score (nSPS) is 22.3. The van der Waals surface area contributed by atoms with E-state index < -0.39 is 0 Å². The van der Waals surface area contributed by atoms with Crippen molar-refractivity contribution < 1.29 is 5.11 Å². The van der Waals surface area contributed by atoms with E-state index in [-0.39, 0.29) is 6.10 Å². The fourth-order valence-electron chi connectivity index (χ4n) is 3.59. The molecule has 2 N–H and O–H groups in total. The van der Waals surface area contributed by atoms with Crippen LogP contribution >= 0.6 is 0 Å². The Kier molecular flexibility index (Phi) is 3.22. The molecule has 4 rings (SSSR count). The van der Waals surface area contributed by atoms with Gasteiger partial charge in [0.15, 0.2) is 0 Å². The first-order chi connectivity index (χ1) is 10.7. The number of rotatable bonds is 2. The number of nitrogens with one attached hydrogen (secondary N) is 1. The van der Waals surface area contributed by atoms with E-state index in [2.05, 4.69) is 23.1 Å². The van der Waals surface area contributed by atoms with E-state index >= 15 is 0 Å². The van der Waals surface area contributed by atoms with E-state index in [1.165, 1.54) is 5.56 Å². The Labute approximate surface area is 129 Å². The van der Waals surface area contributed by atoms with E-state index in [1.54, 1.807) is 6.20 Å². The van der Waals surface area contributed by atoms with Crippen molar-refractivity contribution in [2.45, 2.75) is 44.6 Å². The van der Waals surface area contributed by atoms with Crippen molar-refractivity contribution in [2.24, 2.45) is 0 Å². The molecule has 1 saturated carbocycles. The molecule has 0 spiro atoms. The van der Waals surface area contributed by atoms with Gasteiger partial charge in [0.2, 0.25) is 0 Å². The van der Waals surface area contributed by atoms with Crippen molar-refractivity contribution >= 4 is 11.0 Å². The van der Waals surface area contributed by atoms with Crippen LogP contribution in [0, 0.1) is 6.92 Å². The Morgan fingerprint density at radius 2 is 2.23 bits per heavy atom. The Morgan fingerprint density at radius 1 is 1.32 bits per heavy atom. The highest BCUT2D eigenvalue weighted by atomic mass is 16.3. The van der Waals surface area contributed by atoms with E-state index in [9.17, 15) is 5.11 Å². The quantitative estimate of drug-likeness (QED) is 0.763. The lowest BCUT2D eigenvalue weighted by molar-refractivity contribution is 0.119. The Hall–Kier alpha value is -2.14. The summed E-state index contributed by atoms with van der Waals surface area (Å²) >= 11 is 0. The number of aromatic amines is 1. The molecule has 5 nitrogen and oxygen atoms in total. The molecule has 22 heavy (non-hydrogen) atoms. The molecule has 3 heterocycles. The summed E-state index contributed by atoms with van der Waals surface area (Å²) < 4.78 is 1.95. The maximum Gasteiger partial charge on any atom is 0.139 e. The van der Waals surface area contributed by atoms with Crippen LogP contribution in [0.15, 0.2) is 30.7 Å². The Bertz CT molecular complexity index is 804. The smallest absolute Gasteiger partial charge is 0.139 e. The molecule has 3 aromatic heterocycles. The van der Waals surface area contributed by atoms with Gasteiger partial charge in [-0.2, -0.15) is 5.10 Å². The number of aromatic nitrogens is 4. The Balaban J connectivity index is 1.75. The predicted octanol–water partition coefficient (Wildman–Crippen LogP) is 3.08. The van der Waals surface area contributed by atoms with Gasteiger partial charge in [0.05, 0.1) is 17.5 Å². The van der Waals surface area contributed by atoms with Crippen LogP contribution < -0.4 is 0 Å². The number of fused-ring (bicyclic) bond motifs is 1. The van der Waals surface area contributed by atoms with Crippen LogP contribution in [0.2, 0.25) is 0 Å². The number of hydrogen-bond acceptors (Lipinski definition) is 3. The first kappa shape index (κ1) is 13.5. The summed E-state index contributed by atoms with van der Waals surface area (Å²) in [5.41, 5.74) is 4.23. The van der Waals surface area contributed by atoms with Gasteiger partial charge in [-0.05, 0) is 49.8 Å². The lowest BCUT2D eigenvalue weighted by atomic mass is 9.83. The highest BCUT2D eigenvalue weighted by Gasteiger charge is 2.24. The maximum absolute atomic E-state index is 9.93. The third-order valence-corrected chi connectivity index (χ3v) is 4.71. The van der Waals surface area contributed by atoms with E-state index in [0.717, 1.165) is 48.1 Å². The van der Waals surface area contributed by atoms with Gasteiger partial charge in [-0.25, -0.2) is 9.67 Å². The number of pyridine rings is 1. The highest BCUT2D eigenvalue weighted by molar-refractivity contribution is 5.84. The number of hydrogen-bond donors (Lipinski definition) is 2. The third-order valence-electron chi connectivity index (χ3n) is 4.71. The van der Waals surface area contributed by atoms with Gasteiger partial charge in [0.1, 0.15) is 5.65 Å². The molecular weight excluding hydrogens is 276 g/mol. The molecule has 5 heteroatoms. The topological polar surface area (TPSA) is 66.7 Å². The second-order valence-electron chi connectivity index (χ2n) is 6.20. The summed E-state index contributed by atoms with van der Waals surface area (Å²) in [5.74, 6) is 0.418. The van der Waals surface area contributed by atoms with E-state index in [4.69, 9.17) is 5.10 Å². The van der Waals surface area contributed by atoms with Crippen molar-refractivity contribution in [3.05, 3.63) is 42.0 Å². The lowest BCUT2D eigenvalue weighted by Gasteiger charge is -2.25. The van der Waals surface area contributed by atoms with Crippen LogP contribution in [0.1, 0.15) is 42.9 Å². The molecule has 2 atom stereocenters. The molecule has 1 fully saturated rings. The zero-order valence-electron chi connectivity index (χ0n) is 12.7. The van der Waals surface area contributed by atoms with Crippen LogP contribution in [0.3, 0.4) is 0 Å². The van der Waals surface area contributed by atoms with Crippen molar-refractivity contribution in [3.8, 4) is 5.69 Å². The summed E-state index contributed by atoms with van der Waals surface area (Å²) in [5, 5.41) is 15.7. The highest BCUT2D eigenvalue weighted by Crippen LogP contribution is 2.35. The summed E-state index contributed by atoms with van der Waals surface area (Å²) in [4.78, 5) is 7.46. The molecule has 1 aliphatic carbocycles. The summed E-state index contributed by atoms with van der Waals surface area (Å²) in [6, 6.07) is 4.01. The molecule has 0 aromatic carbocycles. The van der Waals surface area contributed by atoms with Crippen molar-refractivity contribution in [1.82, 2.24) is 19.7 Å². The van der Waals surface area contributed by atoms with Crippen LogP contribution in [-0.4, -0.2) is 31.0 Å². The minimum atomic E-state index is -0.168. The molecule has 114 valence electrons. The number of aryl methyl sites for hydroxylation is 1. The van der Waals surface area contributed by atoms with Gasteiger partial charge in [0.25, 0.3) is 0 Å². The zero-order chi connectivity index (χ0) is 15.1. The lowest BCUT2D eigenvalue weighted by Crippen LogP contribution is -2.18. The Morgan fingerprint density at radius 3 is 3.09 bits per heavy atom. The zero-order valence-corrected chi connectivity index (χ0v) is 12.7. The molecule has 0 bridgehead atoms. The summed E-state index contributed by atoms with van der Waals surface area (Å²) in [6.45, 7) is 2.06. The molecule has 0 radical (unpaired) electrons. The van der Waals surface area contributed by atoms with Gasteiger partial charge < -0.3 is 10.1 Å². The minimum absolute atomic E-state index is 0.168. The maximum atomic E-state index is 9.93.